The summed E-state index contributed by atoms with van der Waals surface area (Å²) in [6.45, 7) is 1.81. The van der Waals surface area contributed by atoms with E-state index in [9.17, 15) is 13.6 Å². The Morgan fingerprint density at radius 3 is 2.62 bits per heavy atom. The molecule has 198 valence electrons. The predicted molar refractivity (Wildman–Crippen MR) is 138 cm³/mol. The van der Waals surface area contributed by atoms with Gasteiger partial charge in [-0.1, -0.05) is 11.3 Å². The van der Waals surface area contributed by atoms with Gasteiger partial charge in [-0.25, -0.2) is 33.4 Å². The van der Waals surface area contributed by atoms with Crippen LogP contribution in [-0.2, 0) is 11.3 Å². The van der Waals surface area contributed by atoms with Crippen molar-refractivity contribution >= 4 is 23.5 Å². The molecule has 0 aliphatic carbocycles. The van der Waals surface area contributed by atoms with E-state index in [2.05, 4.69) is 30.2 Å². The van der Waals surface area contributed by atoms with Crippen LogP contribution in [0.25, 0.3) is 33.7 Å². The summed E-state index contributed by atoms with van der Waals surface area (Å²) in [5, 5.41) is 17.4. The number of anilines is 1. The molecule has 0 saturated carbocycles. The molecule has 0 spiro atoms. The van der Waals surface area contributed by atoms with Gasteiger partial charge in [-0.05, 0) is 35.9 Å². The third-order valence-corrected chi connectivity index (χ3v) is 6.51. The molecule has 2 aromatic carbocycles. The first kappa shape index (κ1) is 25.1. The molecule has 1 aliphatic heterocycles. The average molecular weight is 540 g/mol. The molecule has 4 heterocycles. The van der Waals surface area contributed by atoms with E-state index in [1.54, 1.807) is 23.1 Å². The highest BCUT2D eigenvalue weighted by Gasteiger charge is 2.24. The van der Waals surface area contributed by atoms with Crippen molar-refractivity contribution in [2.24, 2.45) is 0 Å². The van der Waals surface area contributed by atoms with Gasteiger partial charge in [-0.2, -0.15) is 5.26 Å². The maximum absolute atomic E-state index is 14.0. The number of aldehydes is 1. The third-order valence-electron chi connectivity index (χ3n) is 6.51. The van der Waals surface area contributed by atoms with E-state index in [-0.39, 0.29) is 17.2 Å². The van der Waals surface area contributed by atoms with Crippen LogP contribution in [0.4, 0.5) is 14.7 Å². The molecule has 0 amide bonds. The number of benzene rings is 2. The van der Waals surface area contributed by atoms with Crippen molar-refractivity contribution in [3.8, 4) is 28.5 Å². The van der Waals surface area contributed by atoms with E-state index in [0.29, 0.717) is 72.2 Å². The van der Waals surface area contributed by atoms with Gasteiger partial charge in [0.2, 0.25) is 11.6 Å². The molecule has 6 rings (SSSR count). The van der Waals surface area contributed by atoms with Crippen molar-refractivity contribution in [1.82, 2.24) is 34.9 Å². The molecule has 13 heteroatoms. The topological polar surface area (TPSA) is 136 Å². The lowest BCUT2D eigenvalue weighted by Crippen LogP contribution is -2.45. The Labute approximate surface area is 225 Å². The number of hydrogen-bond acceptors (Lipinski definition) is 10. The summed E-state index contributed by atoms with van der Waals surface area (Å²) >= 11 is 0. The van der Waals surface area contributed by atoms with Crippen LogP contribution in [0.1, 0.15) is 15.9 Å². The number of morpholine rings is 1. The molecule has 1 saturated heterocycles. The average Bonchev–Trinajstić information content (AvgIpc) is 3.39. The number of carbonyl (C=O) groups excluding carboxylic acids is 1. The Bertz CT molecular complexity index is 1770. The molecule has 40 heavy (non-hydrogen) atoms. The van der Waals surface area contributed by atoms with E-state index in [0.717, 1.165) is 0 Å². The van der Waals surface area contributed by atoms with E-state index in [1.165, 1.54) is 36.5 Å². The quantitative estimate of drug-likeness (QED) is 0.296. The molecular formula is C27H19F2N9O2. The molecule has 0 N–H and O–H groups in total. The smallest absolute Gasteiger partial charge is 0.225 e. The van der Waals surface area contributed by atoms with E-state index >= 15 is 0 Å². The molecule has 5 aromatic rings. The SMILES string of the molecule is N#Cc1cc(-c2cnc3nnn(C[C@@H]4CN(c5ncc(-c6ccc(C=O)c(F)c6)cn5)CCO4)c3n2)ccc1F. The molecule has 11 nitrogen and oxygen atoms in total. The van der Waals surface area contributed by atoms with E-state index in [4.69, 9.17) is 10.00 Å². The second kappa shape index (κ2) is 10.5. The van der Waals surface area contributed by atoms with E-state index < -0.39 is 11.6 Å². The molecule has 1 atom stereocenters. The van der Waals surface area contributed by atoms with Crippen molar-refractivity contribution < 1.29 is 18.3 Å². The summed E-state index contributed by atoms with van der Waals surface area (Å²) in [5.74, 6) is -0.710. The number of aromatic nitrogens is 7. The first-order valence-electron chi connectivity index (χ1n) is 12.2. The van der Waals surface area contributed by atoms with Crippen LogP contribution >= 0.6 is 0 Å². The standard InChI is InChI=1S/C27H19F2N9O2/c28-22-4-3-17(7-19(22)9-30)24-12-31-25-26(34-24)38(36-35-25)14-21-13-37(5-6-40-21)27-32-10-20(11-33-27)16-1-2-18(15-39)23(29)8-16/h1-4,7-8,10-12,15,21H,5-6,13-14H2/t21-/m0/s1. The lowest BCUT2D eigenvalue weighted by atomic mass is 10.1. The van der Waals surface area contributed by atoms with Crippen LogP contribution in [0.5, 0.6) is 0 Å². The first-order valence-corrected chi connectivity index (χ1v) is 12.2. The van der Waals surface area contributed by atoms with Crippen molar-refractivity contribution in [1.29, 1.82) is 5.26 Å². The van der Waals surface area contributed by atoms with Gasteiger partial charge in [0.1, 0.15) is 17.7 Å². The number of halogens is 2. The lowest BCUT2D eigenvalue weighted by molar-refractivity contribution is 0.0273. The minimum absolute atomic E-state index is 0.00777. The van der Waals surface area contributed by atoms with Crippen LogP contribution in [0.2, 0.25) is 0 Å². The maximum atomic E-state index is 14.0. The number of nitrogens with zero attached hydrogens (tertiary/aromatic N) is 9. The normalized spacial score (nSPS) is 15.2. The zero-order valence-electron chi connectivity index (χ0n) is 20.8. The van der Waals surface area contributed by atoms with Gasteiger partial charge in [-0.3, -0.25) is 4.79 Å². The molecule has 0 unspecified atom stereocenters. The predicted octanol–water partition coefficient (Wildman–Crippen LogP) is 3.21. The van der Waals surface area contributed by atoms with Crippen LogP contribution in [0.15, 0.2) is 55.0 Å². The van der Waals surface area contributed by atoms with Gasteiger partial charge < -0.3 is 9.64 Å². The van der Waals surface area contributed by atoms with Gasteiger partial charge in [0.25, 0.3) is 0 Å². The van der Waals surface area contributed by atoms with Crippen molar-refractivity contribution in [2.45, 2.75) is 12.6 Å². The molecule has 1 aliphatic rings. The Hall–Kier alpha value is -5.22. The zero-order chi connectivity index (χ0) is 27.6. The fourth-order valence-electron chi connectivity index (χ4n) is 4.43. The van der Waals surface area contributed by atoms with Gasteiger partial charge >= 0.3 is 0 Å². The van der Waals surface area contributed by atoms with Gasteiger partial charge in [0, 0.05) is 36.6 Å². The maximum Gasteiger partial charge on any atom is 0.225 e. The number of nitriles is 1. The minimum Gasteiger partial charge on any atom is -0.373 e. The van der Waals surface area contributed by atoms with Crippen molar-refractivity contribution in [2.75, 3.05) is 24.6 Å². The summed E-state index contributed by atoms with van der Waals surface area (Å²) in [6, 6.07) is 10.3. The highest BCUT2D eigenvalue weighted by molar-refractivity contribution is 5.77. The van der Waals surface area contributed by atoms with Gasteiger partial charge in [0.05, 0.1) is 42.3 Å². The Balaban J connectivity index is 1.18. The number of ether oxygens (including phenoxy) is 1. The van der Waals surface area contributed by atoms with Crippen molar-refractivity contribution in [3.05, 3.63) is 77.8 Å². The van der Waals surface area contributed by atoms with Crippen LogP contribution < -0.4 is 4.90 Å². The zero-order valence-corrected chi connectivity index (χ0v) is 20.8. The fourth-order valence-corrected chi connectivity index (χ4v) is 4.43. The second-order valence-electron chi connectivity index (χ2n) is 9.05. The van der Waals surface area contributed by atoms with Gasteiger partial charge in [0.15, 0.2) is 11.9 Å². The second-order valence-corrected chi connectivity index (χ2v) is 9.05. The Morgan fingerprint density at radius 2 is 1.85 bits per heavy atom. The molecular weight excluding hydrogens is 520 g/mol. The van der Waals surface area contributed by atoms with Gasteiger partial charge in [-0.15, -0.1) is 5.10 Å². The number of hydrogen-bond donors (Lipinski definition) is 0. The Kier molecular flexibility index (Phi) is 6.59. The molecule has 0 bridgehead atoms. The summed E-state index contributed by atoms with van der Waals surface area (Å²) in [4.78, 5) is 30.7. The Morgan fingerprint density at radius 1 is 1.02 bits per heavy atom. The summed E-state index contributed by atoms with van der Waals surface area (Å²) in [5.41, 5.74) is 2.86. The molecule has 3 aromatic heterocycles. The van der Waals surface area contributed by atoms with Crippen molar-refractivity contribution in [3.63, 3.8) is 0 Å². The van der Waals surface area contributed by atoms with E-state index in [1.807, 2.05) is 11.0 Å². The number of carbonyl (C=O) groups is 1. The van der Waals surface area contributed by atoms with Crippen LogP contribution in [0.3, 0.4) is 0 Å². The number of fused-ring (bicyclic) bond motifs is 1. The van der Waals surface area contributed by atoms with Crippen LogP contribution in [-0.4, -0.2) is 67.0 Å². The minimum atomic E-state index is -0.605. The molecule has 1 fully saturated rings. The van der Waals surface area contributed by atoms with Crippen LogP contribution in [0, 0.1) is 23.0 Å². The largest absolute Gasteiger partial charge is 0.373 e. The lowest BCUT2D eigenvalue weighted by Gasteiger charge is -2.32. The summed E-state index contributed by atoms with van der Waals surface area (Å²) < 4.78 is 35.3. The fraction of sp³-hybridized carbons (Fsp3) is 0.185. The molecule has 0 radical (unpaired) electrons. The highest BCUT2D eigenvalue weighted by Crippen LogP contribution is 2.24. The highest BCUT2D eigenvalue weighted by atomic mass is 19.1. The number of rotatable bonds is 6. The summed E-state index contributed by atoms with van der Waals surface area (Å²) in [7, 11) is 0. The summed E-state index contributed by atoms with van der Waals surface area (Å²) in [6.07, 6.45) is 4.90. The monoisotopic (exact) mass is 539 g/mol. The third kappa shape index (κ3) is 4.83. The first-order chi connectivity index (χ1) is 19.5.